The van der Waals surface area contributed by atoms with Crippen molar-refractivity contribution in [2.75, 3.05) is 6.54 Å². The lowest BCUT2D eigenvalue weighted by atomic mass is 10.3. The van der Waals surface area contributed by atoms with Gasteiger partial charge in [0.25, 0.3) is 0 Å². The largest absolute Gasteiger partial charge is 0.311 e. The molecule has 0 spiro atoms. The Kier molecular flexibility index (Phi) is 2.46. The van der Waals surface area contributed by atoms with Crippen molar-refractivity contribution in [1.29, 1.82) is 0 Å². The highest BCUT2D eigenvalue weighted by Gasteiger charge is 2.19. The first-order valence-electron chi connectivity index (χ1n) is 5.53. The highest BCUT2D eigenvalue weighted by atomic mass is 32.1. The summed E-state index contributed by atoms with van der Waals surface area (Å²) in [5, 5.41) is 5.51. The Morgan fingerprint density at radius 2 is 2.47 bits per heavy atom. The van der Waals surface area contributed by atoms with E-state index in [1.165, 1.54) is 19.3 Å². The van der Waals surface area contributed by atoms with E-state index in [0.717, 1.165) is 29.7 Å². The van der Waals surface area contributed by atoms with E-state index in [9.17, 15) is 0 Å². The SMILES string of the molecule is c1cn2cc(CNCCC3CC3)nc2s1. The molecule has 0 radical (unpaired) electrons. The molecule has 3 nitrogen and oxygen atoms in total. The molecule has 2 aromatic rings. The Morgan fingerprint density at radius 3 is 3.27 bits per heavy atom. The summed E-state index contributed by atoms with van der Waals surface area (Å²) in [7, 11) is 0. The zero-order chi connectivity index (χ0) is 10.1. The van der Waals surface area contributed by atoms with Crippen molar-refractivity contribution in [1.82, 2.24) is 14.7 Å². The predicted octanol–water partition coefficient (Wildman–Crippen LogP) is 2.29. The maximum Gasteiger partial charge on any atom is 0.193 e. The summed E-state index contributed by atoms with van der Waals surface area (Å²) >= 11 is 1.69. The molecule has 0 amide bonds. The summed E-state index contributed by atoms with van der Waals surface area (Å²) < 4.78 is 2.09. The second-order valence-corrected chi connectivity index (χ2v) is 5.11. The van der Waals surface area contributed by atoms with Crippen molar-refractivity contribution in [3.8, 4) is 0 Å². The first-order valence-corrected chi connectivity index (χ1v) is 6.41. The lowest BCUT2D eigenvalue weighted by Gasteiger charge is -2.00. The Bertz CT molecular complexity index is 413. The molecule has 0 aromatic carbocycles. The van der Waals surface area contributed by atoms with Gasteiger partial charge in [0.05, 0.1) is 5.69 Å². The van der Waals surface area contributed by atoms with E-state index < -0.39 is 0 Å². The zero-order valence-corrected chi connectivity index (χ0v) is 9.46. The van der Waals surface area contributed by atoms with Gasteiger partial charge in [-0.1, -0.05) is 12.8 Å². The molecule has 1 aliphatic carbocycles. The molecule has 1 aliphatic rings. The number of imidazole rings is 1. The number of nitrogens with one attached hydrogen (secondary N) is 1. The molecule has 1 saturated carbocycles. The summed E-state index contributed by atoms with van der Waals surface area (Å²) in [6.07, 6.45) is 8.39. The van der Waals surface area contributed by atoms with Crippen molar-refractivity contribution < 1.29 is 0 Å². The van der Waals surface area contributed by atoms with E-state index in [4.69, 9.17) is 0 Å². The zero-order valence-electron chi connectivity index (χ0n) is 8.65. The van der Waals surface area contributed by atoms with Gasteiger partial charge in [-0.2, -0.15) is 0 Å². The van der Waals surface area contributed by atoms with Crippen LogP contribution >= 0.6 is 11.3 Å². The number of aromatic nitrogens is 2. The maximum absolute atomic E-state index is 4.52. The van der Waals surface area contributed by atoms with Gasteiger partial charge in [0, 0.05) is 24.3 Å². The average Bonchev–Trinajstić information content (AvgIpc) is 2.81. The van der Waals surface area contributed by atoms with E-state index in [1.54, 1.807) is 11.3 Å². The van der Waals surface area contributed by atoms with Gasteiger partial charge in [-0.25, -0.2) is 4.98 Å². The molecule has 0 unspecified atom stereocenters. The third kappa shape index (κ3) is 2.21. The monoisotopic (exact) mass is 221 g/mol. The predicted molar refractivity (Wildman–Crippen MR) is 62.1 cm³/mol. The van der Waals surface area contributed by atoms with Gasteiger partial charge < -0.3 is 5.32 Å². The van der Waals surface area contributed by atoms with Crippen LogP contribution in [0.5, 0.6) is 0 Å². The smallest absolute Gasteiger partial charge is 0.193 e. The van der Waals surface area contributed by atoms with Gasteiger partial charge in [0.1, 0.15) is 0 Å². The second kappa shape index (κ2) is 3.94. The molecule has 0 aliphatic heterocycles. The molecule has 3 rings (SSSR count). The Labute approximate surface area is 93.1 Å². The molecule has 80 valence electrons. The number of hydrogen-bond donors (Lipinski definition) is 1. The minimum Gasteiger partial charge on any atom is -0.311 e. The van der Waals surface area contributed by atoms with Gasteiger partial charge in [-0.05, 0) is 18.9 Å². The number of hydrogen-bond acceptors (Lipinski definition) is 3. The molecule has 4 heteroatoms. The summed E-state index contributed by atoms with van der Waals surface area (Å²) in [6, 6.07) is 0. The standard InChI is InChI=1S/C11H15N3S/c1-2-9(1)3-4-12-7-10-8-14-5-6-15-11(14)13-10/h5-6,8-9,12H,1-4,7H2. The lowest BCUT2D eigenvalue weighted by molar-refractivity contribution is 0.608. The van der Waals surface area contributed by atoms with Gasteiger partial charge >= 0.3 is 0 Å². The highest BCUT2D eigenvalue weighted by molar-refractivity contribution is 7.15. The van der Waals surface area contributed by atoms with Crippen LogP contribution in [0.4, 0.5) is 0 Å². The van der Waals surface area contributed by atoms with Crippen LogP contribution in [0, 0.1) is 5.92 Å². The lowest BCUT2D eigenvalue weighted by Crippen LogP contribution is -2.15. The van der Waals surface area contributed by atoms with Crippen molar-refractivity contribution in [3.63, 3.8) is 0 Å². The van der Waals surface area contributed by atoms with E-state index in [-0.39, 0.29) is 0 Å². The quantitative estimate of drug-likeness (QED) is 0.785. The molecule has 1 fully saturated rings. The Hall–Kier alpha value is -0.870. The molecule has 15 heavy (non-hydrogen) atoms. The summed E-state index contributed by atoms with van der Waals surface area (Å²) in [4.78, 5) is 5.62. The van der Waals surface area contributed by atoms with Crippen LogP contribution in [-0.2, 0) is 6.54 Å². The third-order valence-electron chi connectivity index (χ3n) is 2.88. The third-order valence-corrected chi connectivity index (χ3v) is 3.65. The topological polar surface area (TPSA) is 29.3 Å². The Balaban J connectivity index is 1.51. The number of rotatable bonds is 5. The molecule has 2 aromatic heterocycles. The first kappa shape index (κ1) is 9.36. The van der Waals surface area contributed by atoms with Gasteiger partial charge in [-0.3, -0.25) is 4.40 Å². The van der Waals surface area contributed by atoms with E-state index in [1.807, 2.05) is 0 Å². The van der Waals surface area contributed by atoms with Crippen LogP contribution < -0.4 is 5.32 Å². The minimum absolute atomic E-state index is 0.904. The normalized spacial score (nSPS) is 16.3. The average molecular weight is 221 g/mol. The van der Waals surface area contributed by atoms with E-state index in [0.29, 0.717) is 0 Å². The number of nitrogens with zero attached hydrogens (tertiary/aromatic N) is 2. The minimum atomic E-state index is 0.904. The summed E-state index contributed by atoms with van der Waals surface area (Å²) in [5.41, 5.74) is 1.15. The highest BCUT2D eigenvalue weighted by Crippen LogP contribution is 2.31. The van der Waals surface area contributed by atoms with Crippen molar-refractivity contribution in [2.45, 2.75) is 25.8 Å². The summed E-state index contributed by atoms with van der Waals surface area (Å²) in [6.45, 7) is 2.04. The van der Waals surface area contributed by atoms with Crippen LogP contribution in [-0.4, -0.2) is 15.9 Å². The maximum atomic E-state index is 4.52. The molecule has 0 atom stereocenters. The molecule has 0 saturated heterocycles. The van der Waals surface area contributed by atoms with Crippen LogP contribution in [0.25, 0.3) is 4.96 Å². The van der Waals surface area contributed by atoms with Gasteiger partial charge in [0.15, 0.2) is 4.96 Å². The van der Waals surface area contributed by atoms with Crippen LogP contribution in [0.2, 0.25) is 0 Å². The fraction of sp³-hybridized carbons (Fsp3) is 0.545. The second-order valence-electron chi connectivity index (χ2n) is 4.23. The molecule has 2 heterocycles. The fourth-order valence-electron chi connectivity index (χ4n) is 1.79. The van der Waals surface area contributed by atoms with Crippen LogP contribution in [0.3, 0.4) is 0 Å². The summed E-state index contributed by atoms with van der Waals surface area (Å²) in [5.74, 6) is 1.02. The van der Waals surface area contributed by atoms with Crippen LogP contribution in [0.1, 0.15) is 25.0 Å². The van der Waals surface area contributed by atoms with Crippen molar-refractivity contribution in [3.05, 3.63) is 23.5 Å². The molecule has 1 N–H and O–H groups in total. The Morgan fingerprint density at radius 1 is 1.53 bits per heavy atom. The number of thiazole rings is 1. The van der Waals surface area contributed by atoms with Gasteiger partial charge in [0.2, 0.25) is 0 Å². The van der Waals surface area contributed by atoms with Crippen LogP contribution in [0.15, 0.2) is 17.8 Å². The first-order chi connectivity index (χ1) is 7.42. The van der Waals surface area contributed by atoms with E-state index in [2.05, 4.69) is 32.5 Å². The van der Waals surface area contributed by atoms with Crippen molar-refractivity contribution >= 4 is 16.3 Å². The molecular weight excluding hydrogens is 206 g/mol. The fourth-order valence-corrected chi connectivity index (χ4v) is 2.51. The van der Waals surface area contributed by atoms with Crippen molar-refractivity contribution in [2.24, 2.45) is 5.92 Å². The molecular formula is C11H15N3S. The van der Waals surface area contributed by atoms with E-state index >= 15 is 0 Å². The number of fused-ring (bicyclic) bond motifs is 1. The molecule has 0 bridgehead atoms. The van der Waals surface area contributed by atoms with Gasteiger partial charge in [-0.15, -0.1) is 11.3 Å².